The van der Waals surface area contributed by atoms with Gasteiger partial charge >= 0.3 is 0 Å². The Bertz CT molecular complexity index is 1470. The first kappa shape index (κ1) is 23.4. The van der Waals surface area contributed by atoms with Gasteiger partial charge in [-0.25, -0.2) is 4.98 Å². The Morgan fingerprint density at radius 3 is 2.67 bits per heavy atom. The van der Waals surface area contributed by atoms with E-state index in [9.17, 15) is 9.59 Å². The maximum atomic E-state index is 13.5. The minimum atomic E-state index is -0.498. The smallest absolute Gasteiger partial charge is 0.250 e. The largest absolute Gasteiger partial charge is 0.356 e. The Balaban J connectivity index is 1.22. The van der Waals surface area contributed by atoms with Gasteiger partial charge in [-0.05, 0) is 36.1 Å². The molecule has 2 aliphatic heterocycles. The number of benzene rings is 2. The molecule has 36 heavy (non-hydrogen) atoms. The minimum Gasteiger partial charge on any atom is -0.356 e. The van der Waals surface area contributed by atoms with Gasteiger partial charge in [-0.15, -0.1) is 0 Å². The molecule has 4 heterocycles. The monoisotopic (exact) mass is 532 g/mol. The van der Waals surface area contributed by atoms with Crippen LogP contribution in [-0.4, -0.2) is 37.8 Å². The SMILES string of the molecule is O=C(Nc1nc2ccccc2s1)[C@H](SC(=S)N1C[C@@H]2C[C@@H](C1)c1cccc(=O)n1C2)c1ccccc1. The first-order chi connectivity index (χ1) is 17.5. The number of hydrogen-bond acceptors (Lipinski definition) is 6. The number of carbonyl (C=O) groups excluding carboxylic acids is 1. The van der Waals surface area contributed by atoms with Crippen LogP contribution in [0.15, 0.2) is 77.6 Å². The van der Waals surface area contributed by atoms with Gasteiger partial charge in [0.1, 0.15) is 9.57 Å². The zero-order chi connectivity index (χ0) is 24.6. The summed E-state index contributed by atoms with van der Waals surface area (Å²) in [6.45, 7) is 2.27. The summed E-state index contributed by atoms with van der Waals surface area (Å²) in [4.78, 5) is 32.7. The quantitative estimate of drug-likeness (QED) is 0.361. The highest BCUT2D eigenvalue weighted by atomic mass is 32.2. The number of carbonyl (C=O) groups is 1. The van der Waals surface area contributed by atoms with Gasteiger partial charge in [-0.3, -0.25) is 9.59 Å². The number of likely N-dealkylation sites (tertiary alicyclic amines) is 1. The standard InChI is InChI=1S/C27H24N4O2S3/c32-23-12-6-10-21-19-13-17(15-31(21)23)14-30(16-19)27(34)36-24(18-7-2-1-3-8-18)25(33)29-26-28-20-9-4-5-11-22(20)35-26/h1-12,17,19,24H,13-16H2,(H,28,29,33)/t17-,19-,24+/m0/s1. The molecule has 0 radical (unpaired) electrons. The van der Waals surface area contributed by atoms with Crippen molar-refractivity contribution in [2.75, 3.05) is 18.4 Å². The number of thioether (sulfide) groups is 1. The van der Waals surface area contributed by atoms with Crippen molar-refractivity contribution < 1.29 is 4.79 Å². The average molecular weight is 533 g/mol. The molecule has 1 N–H and O–H groups in total. The van der Waals surface area contributed by atoms with E-state index in [0.29, 0.717) is 15.4 Å². The van der Waals surface area contributed by atoms with Crippen molar-refractivity contribution in [2.24, 2.45) is 5.92 Å². The lowest BCUT2D eigenvalue weighted by Gasteiger charge is -2.43. The summed E-state index contributed by atoms with van der Waals surface area (Å²) in [5.41, 5.74) is 2.93. The number of fused-ring (bicyclic) bond motifs is 5. The number of para-hydroxylation sites is 1. The fourth-order valence-corrected chi connectivity index (χ4v) is 7.48. The lowest BCUT2D eigenvalue weighted by atomic mass is 9.83. The molecule has 2 aliphatic rings. The van der Waals surface area contributed by atoms with Gasteiger partial charge in [0, 0.05) is 37.3 Å². The number of rotatable bonds is 4. The van der Waals surface area contributed by atoms with Crippen molar-refractivity contribution in [3.05, 3.63) is 94.4 Å². The highest BCUT2D eigenvalue weighted by molar-refractivity contribution is 8.23. The molecule has 6 rings (SSSR count). The Morgan fingerprint density at radius 2 is 1.83 bits per heavy atom. The van der Waals surface area contributed by atoms with Crippen LogP contribution >= 0.6 is 35.3 Å². The van der Waals surface area contributed by atoms with Gasteiger partial charge < -0.3 is 14.8 Å². The van der Waals surface area contributed by atoms with Gasteiger partial charge in [-0.1, -0.05) is 83.8 Å². The van der Waals surface area contributed by atoms with Crippen molar-refractivity contribution in [2.45, 2.75) is 24.1 Å². The Hall–Kier alpha value is -3.01. The second-order valence-corrected chi connectivity index (χ2v) is 12.0. The number of amides is 1. The van der Waals surface area contributed by atoms with Crippen LogP contribution in [0.1, 0.15) is 28.8 Å². The van der Waals surface area contributed by atoms with Crippen LogP contribution in [0.4, 0.5) is 5.13 Å². The number of piperidine rings is 1. The lowest BCUT2D eigenvalue weighted by molar-refractivity contribution is -0.115. The van der Waals surface area contributed by atoms with Crippen LogP contribution in [0, 0.1) is 5.92 Å². The topological polar surface area (TPSA) is 67.2 Å². The molecule has 3 atom stereocenters. The molecule has 0 unspecified atom stereocenters. The van der Waals surface area contributed by atoms with E-state index in [1.54, 1.807) is 6.07 Å². The zero-order valence-electron chi connectivity index (χ0n) is 19.4. The van der Waals surface area contributed by atoms with Crippen molar-refractivity contribution in [1.29, 1.82) is 0 Å². The molecule has 4 aromatic rings. The molecule has 9 heteroatoms. The highest BCUT2D eigenvalue weighted by Gasteiger charge is 2.36. The van der Waals surface area contributed by atoms with Crippen molar-refractivity contribution in [3.63, 3.8) is 0 Å². The first-order valence-corrected chi connectivity index (χ1v) is 14.0. The van der Waals surface area contributed by atoms with Crippen LogP contribution in [0.25, 0.3) is 10.2 Å². The Labute approximate surface area is 222 Å². The van der Waals surface area contributed by atoms with Crippen LogP contribution in [0.3, 0.4) is 0 Å². The summed E-state index contributed by atoms with van der Waals surface area (Å²) < 4.78 is 3.67. The number of thiocarbonyl (C=S) groups is 1. The van der Waals surface area contributed by atoms with Crippen molar-refractivity contribution in [1.82, 2.24) is 14.5 Å². The van der Waals surface area contributed by atoms with Gasteiger partial charge in [0.05, 0.1) is 10.2 Å². The van der Waals surface area contributed by atoms with Gasteiger partial charge in [-0.2, -0.15) is 0 Å². The molecule has 2 bridgehead atoms. The molecule has 1 amide bonds. The average Bonchev–Trinajstić information content (AvgIpc) is 3.30. The van der Waals surface area contributed by atoms with Gasteiger partial charge in [0.2, 0.25) is 5.91 Å². The second kappa shape index (κ2) is 9.80. The summed E-state index contributed by atoms with van der Waals surface area (Å²) in [5, 5.41) is 3.12. The number of hydrogen-bond donors (Lipinski definition) is 1. The molecule has 1 saturated heterocycles. The molecule has 0 spiro atoms. The lowest BCUT2D eigenvalue weighted by Crippen LogP contribution is -2.48. The molecule has 1 fully saturated rings. The maximum absolute atomic E-state index is 13.5. The molecular weight excluding hydrogens is 509 g/mol. The third kappa shape index (κ3) is 4.58. The fourth-order valence-electron chi connectivity index (χ4n) is 5.22. The van der Waals surface area contributed by atoms with Crippen LogP contribution in [-0.2, 0) is 11.3 Å². The predicted molar refractivity (Wildman–Crippen MR) is 151 cm³/mol. The molecule has 182 valence electrons. The second-order valence-electron chi connectivity index (χ2n) is 9.25. The van der Waals surface area contributed by atoms with E-state index in [2.05, 4.69) is 21.3 Å². The number of pyridine rings is 1. The van der Waals surface area contributed by atoms with E-state index in [1.165, 1.54) is 23.1 Å². The molecular formula is C27H24N4O2S3. The summed E-state index contributed by atoms with van der Waals surface area (Å²) in [6, 6.07) is 23.1. The Kier molecular flexibility index (Phi) is 6.37. The zero-order valence-corrected chi connectivity index (χ0v) is 21.8. The Morgan fingerprint density at radius 1 is 1.03 bits per heavy atom. The number of thiazole rings is 1. The van der Waals surface area contributed by atoms with E-state index in [1.807, 2.05) is 65.2 Å². The van der Waals surface area contributed by atoms with Gasteiger partial charge in [0.15, 0.2) is 5.13 Å². The van der Waals surface area contributed by atoms with E-state index < -0.39 is 5.25 Å². The first-order valence-electron chi connectivity index (χ1n) is 11.9. The maximum Gasteiger partial charge on any atom is 0.250 e. The summed E-state index contributed by atoms with van der Waals surface area (Å²) >= 11 is 8.80. The normalized spacial score (nSPS) is 19.5. The van der Waals surface area contributed by atoms with Crippen LogP contribution in [0.5, 0.6) is 0 Å². The third-order valence-corrected chi connectivity index (χ3v) is 9.50. The van der Waals surface area contributed by atoms with E-state index in [0.717, 1.165) is 47.5 Å². The van der Waals surface area contributed by atoms with Crippen molar-refractivity contribution in [3.8, 4) is 0 Å². The number of nitrogens with zero attached hydrogens (tertiary/aromatic N) is 3. The highest BCUT2D eigenvalue weighted by Crippen LogP contribution is 2.39. The summed E-state index contributed by atoms with van der Waals surface area (Å²) in [7, 11) is 0. The third-order valence-electron chi connectivity index (χ3n) is 6.82. The molecule has 2 aromatic carbocycles. The molecule has 0 aliphatic carbocycles. The molecule has 0 saturated carbocycles. The van der Waals surface area contributed by atoms with E-state index in [4.69, 9.17) is 12.2 Å². The predicted octanol–water partition coefficient (Wildman–Crippen LogP) is 5.28. The van der Waals surface area contributed by atoms with Crippen LogP contribution in [0.2, 0.25) is 0 Å². The summed E-state index contributed by atoms with van der Waals surface area (Å²) in [5.74, 6) is 0.486. The summed E-state index contributed by atoms with van der Waals surface area (Å²) in [6.07, 6.45) is 1.06. The van der Waals surface area contributed by atoms with Gasteiger partial charge in [0.25, 0.3) is 5.56 Å². The molecule has 2 aromatic heterocycles. The van der Waals surface area contributed by atoms with Crippen LogP contribution < -0.4 is 10.9 Å². The fraction of sp³-hybridized carbons (Fsp3) is 0.259. The van der Waals surface area contributed by atoms with E-state index >= 15 is 0 Å². The number of nitrogens with one attached hydrogen (secondary N) is 1. The number of aromatic nitrogens is 2. The minimum absolute atomic E-state index is 0.0725. The van der Waals surface area contributed by atoms with Crippen molar-refractivity contribution >= 4 is 60.9 Å². The molecule has 6 nitrogen and oxygen atoms in total. The number of anilines is 1. The van der Waals surface area contributed by atoms with E-state index in [-0.39, 0.29) is 17.4 Å².